The van der Waals surface area contributed by atoms with E-state index >= 15 is 0 Å². The lowest BCUT2D eigenvalue weighted by Gasteiger charge is -2.03. The summed E-state index contributed by atoms with van der Waals surface area (Å²) in [6.07, 6.45) is 1.39. The van der Waals surface area contributed by atoms with Crippen molar-refractivity contribution in [2.45, 2.75) is 26.9 Å². The minimum absolute atomic E-state index is 0.206. The molecule has 0 unspecified atom stereocenters. The highest BCUT2D eigenvalue weighted by Gasteiger charge is 1.94. The van der Waals surface area contributed by atoms with Crippen LogP contribution in [0.1, 0.15) is 20.8 Å². The van der Waals surface area contributed by atoms with Crippen LogP contribution in [0.15, 0.2) is 4.99 Å². The van der Waals surface area contributed by atoms with Gasteiger partial charge in [-0.05, 0) is 20.8 Å². The van der Waals surface area contributed by atoms with Crippen LogP contribution in [0, 0.1) is 0 Å². The van der Waals surface area contributed by atoms with Crippen LogP contribution in [-0.4, -0.2) is 38.0 Å². The average molecular weight is 187 g/mol. The maximum absolute atomic E-state index is 10.7. The fraction of sp³-hybridized carbons (Fsp3) is 0.778. The molecule has 4 nitrogen and oxygen atoms in total. The summed E-state index contributed by atoms with van der Waals surface area (Å²) in [4.78, 5) is 14.6. The Bertz CT molecular complexity index is 166. The number of hydrogen-bond donors (Lipinski definition) is 0. The van der Waals surface area contributed by atoms with E-state index in [2.05, 4.69) is 9.73 Å². The van der Waals surface area contributed by atoms with E-state index in [1.807, 2.05) is 13.8 Å². The summed E-state index contributed by atoms with van der Waals surface area (Å²) in [5.41, 5.74) is 0. The molecule has 0 N–H and O–H groups in total. The SMILES string of the molecule is CCOC(=O)C=NCCOC(C)C. The van der Waals surface area contributed by atoms with E-state index in [-0.39, 0.29) is 6.10 Å². The van der Waals surface area contributed by atoms with Crippen LogP contribution in [0.5, 0.6) is 0 Å². The second kappa shape index (κ2) is 7.73. The number of esters is 1. The second-order valence-electron chi connectivity index (χ2n) is 2.71. The van der Waals surface area contributed by atoms with E-state index in [9.17, 15) is 4.79 Å². The molecule has 0 saturated heterocycles. The smallest absolute Gasteiger partial charge is 0.348 e. The molecule has 0 fully saturated rings. The van der Waals surface area contributed by atoms with Crippen molar-refractivity contribution in [3.05, 3.63) is 0 Å². The molecule has 0 aromatic heterocycles. The first kappa shape index (κ1) is 12.1. The van der Waals surface area contributed by atoms with Crippen LogP contribution < -0.4 is 0 Å². The first-order valence-corrected chi connectivity index (χ1v) is 4.45. The Labute approximate surface area is 78.9 Å². The van der Waals surface area contributed by atoms with Crippen LogP contribution in [-0.2, 0) is 14.3 Å². The van der Waals surface area contributed by atoms with Crippen molar-refractivity contribution < 1.29 is 14.3 Å². The van der Waals surface area contributed by atoms with Gasteiger partial charge in [-0.15, -0.1) is 0 Å². The Balaban J connectivity index is 3.35. The van der Waals surface area contributed by atoms with E-state index in [0.29, 0.717) is 19.8 Å². The molecule has 0 atom stereocenters. The van der Waals surface area contributed by atoms with Gasteiger partial charge in [-0.25, -0.2) is 4.79 Å². The number of carbonyl (C=O) groups is 1. The van der Waals surface area contributed by atoms with Crippen LogP contribution in [0.4, 0.5) is 0 Å². The molecule has 0 aromatic rings. The van der Waals surface area contributed by atoms with Crippen LogP contribution >= 0.6 is 0 Å². The minimum Gasteiger partial charge on any atom is -0.462 e. The second-order valence-corrected chi connectivity index (χ2v) is 2.71. The van der Waals surface area contributed by atoms with Crippen molar-refractivity contribution in [2.24, 2.45) is 4.99 Å². The Morgan fingerprint density at radius 2 is 2.23 bits per heavy atom. The summed E-state index contributed by atoms with van der Waals surface area (Å²) >= 11 is 0. The maximum Gasteiger partial charge on any atom is 0.348 e. The van der Waals surface area contributed by atoms with E-state index in [0.717, 1.165) is 0 Å². The Morgan fingerprint density at radius 3 is 2.77 bits per heavy atom. The first-order chi connectivity index (χ1) is 6.16. The molecular formula is C9H17NO3. The van der Waals surface area contributed by atoms with E-state index in [1.54, 1.807) is 6.92 Å². The van der Waals surface area contributed by atoms with Crippen molar-refractivity contribution in [2.75, 3.05) is 19.8 Å². The quantitative estimate of drug-likeness (QED) is 0.354. The van der Waals surface area contributed by atoms with Crippen LogP contribution in [0.25, 0.3) is 0 Å². The number of ether oxygens (including phenoxy) is 2. The third-order valence-corrected chi connectivity index (χ3v) is 1.15. The lowest BCUT2D eigenvalue weighted by molar-refractivity contribution is -0.134. The van der Waals surface area contributed by atoms with Gasteiger partial charge in [-0.1, -0.05) is 0 Å². The van der Waals surface area contributed by atoms with Crippen molar-refractivity contribution in [1.82, 2.24) is 0 Å². The molecule has 0 saturated carbocycles. The summed E-state index contributed by atoms with van der Waals surface area (Å²) < 4.78 is 9.86. The van der Waals surface area contributed by atoms with Crippen molar-refractivity contribution in [3.8, 4) is 0 Å². The monoisotopic (exact) mass is 187 g/mol. The van der Waals surface area contributed by atoms with Crippen LogP contribution in [0.2, 0.25) is 0 Å². The molecule has 0 spiro atoms. The molecule has 0 aromatic carbocycles. The largest absolute Gasteiger partial charge is 0.462 e. The zero-order chi connectivity index (χ0) is 10.1. The highest BCUT2D eigenvalue weighted by Crippen LogP contribution is 1.86. The van der Waals surface area contributed by atoms with Gasteiger partial charge in [-0.2, -0.15) is 0 Å². The standard InChI is InChI=1S/C9H17NO3/c1-4-12-9(11)7-10-5-6-13-8(2)3/h7-8H,4-6H2,1-3H3. The molecule has 0 heterocycles. The fourth-order valence-electron chi connectivity index (χ4n) is 0.660. The highest BCUT2D eigenvalue weighted by molar-refractivity contribution is 6.23. The predicted octanol–water partition coefficient (Wildman–Crippen LogP) is 1.05. The minimum atomic E-state index is -0.396. The van der Waals surface area contributed by atoms with Gasteiger partial charge in [0.2, 0.25) is 0 Å². The molecule has 0 aliphatic carbocycles. The van der Waals surface area contributed by atoms with Gasteiger partial charge in [0, 0.05) is 0 Å². The lowest BCUT2D eigenvalue weighted by Crippen LogP contribution is -2.08. The normalized spacial score (nSPS) is 11.1. The molecule has 4 heteroatoms. The zero-order valence-corrected chi connectivity index (χ0v) is 8.45. The molecule has 0 aliphatic heterocycles. The average Bonchev–Trinajstić information content (AvgIpc) is 2.03. The van der Waals surface area contributed by atoms with E-state index < -0.39 is 5.97 Å². The van der Waals surface area contributed by atoms with Gasteiger partial charge in [0.1, 0.15) is 6.21 Å². The number of hydrogen-bond acceptors (Lipinski definition) is 4. The predicted molar refractivity (Wildman–Crippen MR) is 51.1 cm³/mol. The molecule has 0 amide bonds. The maximum atomic E-state index is 10.7. The summed E-state index contributed by atoms with van der Waals surface area (Å²) in [5.74, 6) is -0.396. The van der Waals surface area contributed by atoms with Gasteiger partial charge in [0.05, 0.1) is 25.9 Å². The lowest BCUT2D eigenvalue weighted by atomic mass is 10.5. The van der Waals surface area contributed by atoms with Gasteiger partial charge in [0.25, 0.3) is 0 Å². The zero-order valence-electron chi connectivity index (χ0n) is 8.45. The molecule has 0 aliphatic rings. The summed E-state index contributed by atoms with van der Waals surface area (Å²) in [6.45, 7) is 7.08. The first-order valence-electron chi connectivity index (χ1n) is 4.45. The van der Waals surface area contributed by atoms with Crippen LogP contribution in [0.3, 0.4) is 0 Å². The van der Waals surface area contributed by atoms with Gasteiger partial charge < -0.3 is 9.47 Å². The molecule has 0 radical (unpaired) electrons. The van der Waals surface area contributed by atoms with Crippen molar-refractivity contribution >= 4 is 12.2 Å². The van der Waals surface area contributed by atoms with Crippen molar-refractivity contribution in [3.63, 3.8) is 0 Å². The number of carbonyl (C=O) groups excluding carboxylic acids is 1. The number of rotatable bonds is 6. The summed E-state index contributed by atoms with van der Waals surface area (Å²) in [7, 11) is 0. The molecule has 0 bridgehead atoms. The van der Waals surface area contributed by atoms with E-state index in [1.165, 1.54) is 6.21 Å². The number of aliphatic imine (C=N–C) groups is 1. The molecular weight excluding hydrogens is 170 g/mol. The topological polar surface area (TPSA) is 47.9 Å². The van der Waals surface area contributed by atoms with Gasteiger partial charge >= 0.3 is 5.97 Å². The number of nitrogens with zero attached hydrogens (tertiary/aromatic N) is 1. The third kappa shape index (κ3) is 9.01. The Kier molecular flexibility index (Phi) is 7.20. The molecule has 0 rings (SSSR count). The Hall–Kier alpha value is -0.900. The summed E-state index contributed by atoms with van der Waals surface area (Å²) in [5, 5.41) is 0. The van der Waals surface area contributed by atoms with Gasteiger partial charge in [-0.3, -0.25) is 4.99 Å². The van der Waals surface area contributed by atoms with Gasteiger partial charge in [0.15, 0.2) is 0 Å². The molecule has 13 heavy (non-hydrogen) atoms. The Morgan fingerprint density at radius 1 is 1.54 bits per heavy atom. The van der Waals surface area contributed by atoms with E-state index in [4.69, 9.17) is 4.74 Å². The fourth-order valence-corrected chi connectivity index (χ4v) is 0.660. The van der Waals surface area contributed by atoms with Crippen molar-refractivity contribution in [1.29, 1.82) is 0 Å². The highest BCUT2D eigenvalue weighted by atomic mass is 16.5. The summed E-state index contributed by atoms with van der Waals surface area (Å²) in [6, 6.07) is 0. The third-order valence-electron chi connectivity index (χ3n) is 1.15. The molecule has 76 valence electrons.